The summed E-state index contributed by atoms with van der Waals surface area (Å²) >= 11 is 0. The SMILES string of the molecule is Cc1ccc(CNC(=O)C(C)n2c(=O)c(C(F)(F)F)nc3cc(C)c(C)cc32)cc1. The van der Waals surface area contributed by atoms with Crippen LogP contribution in [0.4, 0.5) is 13.2 Å². The summed E-state index contributed by atoms with van der Waals surface area (Å²) < 4.78 is 41.2. The van der Waals surface area contributed by atoms with Crippen LogP contribution in [-0.2, 0) is 17.5 Å². The van der Waals surface area contributed by atoms with Crippen molar-refractivity contribution in [1.82, 2.24) is 14.9 Å². The Morgan fingerprint density at radius 3 is 2.30 bits per heavy atom. The lowest BCUT2D eigenvalue weighted by atomic mass is 10.1. The molecule has 0 saturated heterocycles. The van der Waals surface area contributed by atoms with E-state index in [-0.39, 0.29) is 17.6 Å². The molecule has 1 aromatic heterocycles. The van der Waals surface area contributed by atoms with Crippen LogP contribution >= 0.6 is 0 Å². The summed E-state index contributed by atoms with van der Waals surface area (Å²) in [6, 6.07) is 9.41. The summed E-state index contributed by atoms with van der Waals surface area (Å²) in [5.41, 5.74) is 0.772. The van der Waals surface area contributed by atoms with Crippen LogP contribution in [0.5, 0.6) is 0 Å². The maximum absolute atomic E-state index is 13.4. The first-order valence-corrected chi connectivity index (χ1v) is 9.43. The lowest BCUT2D eigenvalue weighted by Gasteiger charge is -2.20. The zero-order chi connectivity index (χ0) is 22.2. The number of carbonyl (C=O) groups excluding carboxylic acids is 1. The normalized spacial score (nSPS) is 12.8. The second-order valence-electron chi connectivity index (χ2n) is 7.44. The number of carbonyl (C=O) groups is 1. The fourth-order valence-electron chi connectivity index (χ4n) is 3.19. The number of alkyl halides is 3. The van der Waals surface area contributed by atoms with Gasteiger partial charge in [-0.05, 0) is 56.5 Å². The van der Waals surface area contributed by atoms with Crippen LogP contribution < -0.4 is 10.9 Å². The molecule has 1 N–H and O–H groups in total. The molecular formula is C22H22F3N3O2. The van der Waals surface area contributed by atoms with Crippen molar-refractivity contribution < 1.29 is 18.0 Å². The van der Waals surface area contributed by atoms with Crippen molar-refractivity contribution >= 4 is 16.9 Å². The van der Waals surface area contributed by atoms with E-state index in [0.717, 1.165) is 26.8 Å². The van der Waals surface area contributed by atoms with Crippen molar-refractivity contribution in [2.75, 3.05) is 0 Å². The zero-order valence-electron chi connectivity index (χ0n) is 17.1. The van der Waals surface area contributed by atoms with Crippen LogP contribution in [0.25, 0.3) is 11.0 Å². The molecule has 30 heavy (non-hydrogen) atoms. The van der Waals surface area contributed by atoms with E-state index in [1.54, 1.807) is 19.9 Å². The number of nitrogens with zero attached hydrogens (tertiary/aromatic N) is 2. The fraction of sp³-hybridized carbons (Fsp3) is 0.318. The minimum Gasteiger partial charge on any atom is -0.350 e. The van der Waals surface area contributed by atoms with Crippen molar-refractivity contribution in [3.63, 3.8) is 0 Å². The molecule has 5 nitrogen and oxygen atoms in total. The van der Waals surface area contributed by atoms with Gasteiger partial charge in [-0.15, -0.1) is 0 Å². The molecule has 2 aromatic carbocycles. The first-order chi connectivity index (χ1) is 14.0. The molecule has 3 aromatic rings. The first-order valence-electron chi connectivity index (χ1n) is 9.43. The van der Waals surface area contributed by atoms with Crippen LogP contribution in [0.2, 0.25) is 0 Å². The minimum absolute atomic E-state index is 0.0169. The topological polar surface area (TPSA) is 64.0 Å². The van der Waals surface area contributed by atoms with Crippen LogP contribution in [-0.4, -0.2) is 15.5 Å². The molecule has 0 aliphatic carbocycles. The third-order valence-corrected chi connectivity index (χ3v) is 5.13. The average Bonchev–Trinajstić information content (AvgIpc) is 2.67. The van der Waals surface area contributed by atoms with E-state index < -0.39 is 29.4 Å². The van der Waals surface area contributed by atoms with Crippen molar-refractivity contribution in [3.05, 3.63) is 74.7 Å². The van der Waals surface area contributed by atoms with Gasteiger partial charge in [-0.2, -0.15) is 13.2 Å². The van der Waals surface area contributed by atoms with Crippen LogP contribution in [0, 0.1) is 20.8 Å². The second kappa shape index (κ2) is 7.93. The van der Waals surface area contributed by atoms with E-state index >= 15 is 0 Å². The standard InChI is InChI=1S/C22H22F3N3O2/c1-12-5-7-16(8-6-12)11-26-20(29)15(4)28-18-10-14(3)13(2)9-17(18)27-19(21(28)30)22(23,24)25/h5-10,15H,11H2,1-4H3,(H,26,29). The van der Waals surface area contributed by atoms with Gasteiger partial charge in [-0.25, -0.2) is 4.98 Å². The quantitative estimate of drug-likeness (QED) is 0.692. The van der Waals surface area contributed by atoms with Gasteiger partial charge >= 0.3 is 6.18 Å². The number of halogens is 3. The molecule has 158 valence electrons. The number of aryl methyl sites for hydroxylation is 3. The summed E-state index contributed by atoms with van der Waals surface area (Å²) in [5.74, 6) is -0.559. The molecule has 0 saturated carbocycles. The number of fused-ring (bicyclic) bond motifs is 1. The molecular weight excluding hydrogens is 395 g/mol. The van der Waals surface area contributed by atoms with E-state index in [9.17, 15) is 22.8 Å². The Labute approximate surface area is 171 Å². The Morgan fingerprint density at radius 1 is 1.10 bits per heavy atom. The second-order valence-corrected chi connectivity index (χ2v) is 7.44. The number of benzene rings is 2. The average molecular weight is 417 g/mol. The van der Waals surface area contributed by atoms with E-state index in [1.165, 1.54) is 13.0 Å². The van der Waals surface area contributed by atoms with Gasteiger partial charge in [-0.1, -0.05) is 29.8 Å². The summed E-state index contributed by atoms with van der Waals surface area (Å²) in [5, 5.41) is 2.69. The van der Waals surface area contributed by atoms with Gasteiger partial charge < -0.3 is 5.32 Å². The largest absolute Gasteiger partial charge is 0.438 e. The van der Waals surface area contributed by atoms with E-state index in [4.69, 9.17) is 0 Å². The Morgan fingerprint density at radius 2 is 1.70 bits per heavy atom. The van der Waals surface area contributed by atoms with Gasteiger partial charge in [0.05, 0.1) is 11.0 Å². The van der Waals surface area contributed by atoms with Gasteiger partial charge in [0.15, 0.2) is 0 Å². The highest BCUT2D eigenvalue weighted by atomic mass is 19.4. The lowest BCUT2D eigenvalue weighted by molar-refractivity contribution is -0.142. The number of rotatable bonds is 4. The lowest BCUT2D eigenvalue weighted by Crippen LogP contribution is -2.39. The number of aromatic nitrogens is 2. The Hall–Kier alpha value is -3.16. The fourth-order valence-corrected chi connectivity index (χ4v) is 3.19. The summed E-state index contributed by atoms with van der Waals surface area (Å²) in [6.45, 7) is 7.07. The smallest absolute Gasteiger partial charge is 0.350 e. The molecule has 8 heteroatoms. The van der Waals surface area contributed by atoms with Gasteiger partial charge in [-0.3, -0.25) is 14.2 Å². The van der Waals surface area contributed by atoms with E-state index in [0.29, 0.717) is 0 Å². The highest BCUT2D eigenvalue weighted by Gasteiger charge is 2.38. The molecule has 0 aliphatic heterocycles. The molecule has 3 rings (SSSR count). The summed E-state index contributed by atoms with van der Waals surface area (Å²) in [4.78, 5) is 29.0. The van der Waals surface area contributed by atoms with Crippen LogP contribution in [0.15, 0.2) is 41.2 Å². The maximum atomic E-state index is 13.4. The van der Waals surface area contributed by atoms with E-state index in [1.807, 2.05) is 31.2 Å². The Kier molecular flexibility index (Phi) is 5.70. The Bertz CT molecular complexity index is 1170. The zero-order valence-corrected chi connectivity index (χ0v) is 17.1. The number of nitrogens with one attached hydrogen (secondary N) is 1. The first kappa shape index (κ1) is 21.5. The van der Waals surface area contributed by atoms with Crippen molar-refractivity contribution in [3.8, 4) is 0 Å². The van der Waals surface area contributed by atoms with Crippen molar-refractivity contribution in [1.29, 1.82) is 0 Å². The highest BCUT2D eigenvalue weighted by Crippen LogP contribution is 2.28. The van der Waals surface area contributed by atoms with Gasteiger partial charge in [0.2, 0.25) is 11.6 Å². The summed E-state index contributed by atoms with van der Waals surface area (Å²) in [7, 11) is 0. The minimum atomic E-state index is -4.93. The van der Waals surface area contributed by atoms with Crippen LogP contribution in [0.1, 0.15) is 40.9 Å². The summed E-state index contributed by atoms with van der Waals surface area (Å²) in [6.07, 6.45) is -4.93. The van der Waals surface area contributed by atoms with E-state index in [2.05, 4.69) is 10.3 Å². The number of hydrogen-bond acceptors (Lipinski definition) is 3. The third kappa shape index (κ3) is 4.22. The molecule has 1 unspecified atom stereocenters. The molecule has 1 amide bonds. The molecule has 0 aliphatic rings. The maximum Gasteiger partial charge on any atom is 0.438 e. The molecule has 0 spiro atoms. The molecule has 0 radical (unpaired) electrons. The molecule has 1 heterocycles. The van der Waals surface area contributed by atoms with Gasteiger partial charge in [0.25, 0.3) is 5.56 Å². The van der Waals surface area contributed by atoms with Gasteiger partial charge in [0.1, 0.15) is 6.04 Å². The number of amides is 1. The van der Waals surface area contributed by atoms with Crippen molar-refractivity contribution in [2.24, 2.45) is 0 Å². The highest BCUT2D eigenvalue weighted by molar-refractivity contribution is 5.84. The third-order valence-electron chi connectivity index (χ3n) is 5.13. The predicted molar refractivity (Wildman–Crippen MR) is 108 cm³/mol. The molecule has 1 atom stereocenters. The van der Waals surface area contributed by atoms with Crippen molar-refractivity contribution in [2.45, 2.75) is 46.5 Å². The monoisotopic (exact) mass is 417 g/mol. The van der Waals surface area contributed by atoms with Gasteiger partial charge in [0, 0.05) is 6.54 Å². The van der Waals surface area contributed by atoms with Crippen LogP contribution in [0.3, 0.4) is 0 Å². The Balaban J connectivity index is 2.04. The predicted octanol–water partition coefficient (Wildman–Crippen LogP) is 4.22. The molecule has 0 bridgehead atoms. The number of hydrogen-bond donors (Lipinski definition) is 1. The molecule has 0 fully saturated rings.